The predicted octanol–water partition coefficient (Wildman–Crippen LogP) is -3.60. The van der Waals surface area contributed by atoms with Crippen molar-refractivity contribution in [3.05, 3.63) is 0 Å². The number of thiol groups is 1. The quantitative estimate of drug-likeness (QED) is 0.122. The molecule has 0 aliphatic heterocycles. The number of rotatable bonds is 14. The molecule has 0 saturated carbocycles. The van der Waals surface area contributed by atoms with Crippen molar-refractivity contribution in [1.29, 1.82) is 0 Å². The van der Waals surface area contributed by atoms with Crippen molar-refractivity contribution in [2.75, 3.05) is 24.4 Å². The molecule has 4 amide bonds. The van der Waals surface area contributed by atoms with Gasteiger partial charge in [-0.3, -0.25) is 19.2 Å². The third-order valence-electron chi connectivity index (χ3n) is 3.62. The van der Waals surface area contributed by atoms with E-state index in [2.05, 4.69) is 28.6 Å². The van der Waals surface area contributed by atoms with E-state index >= 15 is 0 Å². The van der Waals surface area contributed by atoms with E-state index in [1.54, 1.807) is 0 Å². The van der Waals surface area contributed by atoms with E-state index in [0.717, 1.165) is 0 Å². The molecule has 0 saturated heterocycles. The maximum atomic E-state index is 12.3. The summed E-state index contributed by atoms with van der Waals surface area (Å²) in [6, 6.07) is -5.13. The third kappa shape index (κ3) is 10.3. The molecule has 0 rings (SSSR count). The molecule has 0 aliphatic rings. The standard InChI is InChI=1S/C15H27N5O7S2/c1-29-3-2-7(16)12(23)19-9(5-21)13(24)20-10(6-28)14(25)18-8(15(26)27)4-11(17)22/h7-10,21,28H,2-6,16H2,1H3,(H2,17,22)(H,18,25)(H,19,23)(H,20,24)(H,26,27). The average molecular weight is 454 g/mol. The molecule has 0 aromatic heterocycles. The van der Waals surface area contributed by atoms with Gasteiger partial charge in [-0.15, -0.1) is 0 Å². The number of carboxylic acids is 1. The van der Waals surface area contributed by atoms with Crippen LogP contribution >= 0.6 is 24.4 Å². The average Bonchev–Trinajstić information content (AvgIpc) is 2.66. The Bertz CT molecular complexity index is 608. The summed E-state index contributed by atoms with van der Waals surface area (Å²) in [6.07, 6.45) is 1.57. The Labute approximate surface area is 177 Å². The van der Waals surface area contributed by atoms with E-state index in [4.69, 9.17) is 16.6 Å². The predicted molar refractivity (Wildman–Crippen MR) is 109 cm³/mol. The van der Waals surface area contributed by atoms with E-state index in [1.807, 2.05) is 6.26 Å². The maximum absolute atomic E-state index is 12.3. The van der Waals surface area contributed by atoms with Gasteiger partial charge in [-0.25, -0.2) is 4.79 Å². The Balaban J connectivity index is 4.95. The van der Waals surface area contributed by atoms with Gasteiger partial charge in [0.15, 0.2) is 0 Å². The molecule has 166 valence electrons. The lowest BCUT2D eigenvalue weighted by Crippen LogP contribution is -2.58. The van der Waals surface area contributed by atoms with Crippen molar-refractivity contribution in [1.82, 2.24) is 16.0 Å². The van der Waals surface area contributed by atoms with Gasteiger partial charge >= 0.3 is 5.97 Å². The van der Waals surface area contributed by atoms with Gasteiger partial charge in [0.1, 0.15) is 18.1 Å². The van der Waals surface area contributed by atoms with Crippen molar-refractivity contribution in [2.24, 2.45) is 11.5 Å². The lowest BCUT2D eigenvalue weighted by molar-refractivity contribution is -0.143. The molecule has 4 unspecified atom stereocenters. The first-order chi connectivity index (χ1) is 13.6. The number of hydrogen-bond acceptors (Lipinski definition) is 9. The number of thioether (sulfide) groups is 1. The fourth-order valence-electron chi connectivity index (χ4n) is 1.99. The van der Waals surface area contributed by atoms with Gasteiger partial charge in [-0.2, -0.15) is 24.4 Å². The van der Waals surface area contributed by atoms with Crippen LogP contribution in [0.15, 0.2) is 0 Å². The number of nitrogens with one attached hydrogen (secondary N) is 3. The first-order valence-corrected chi connectivity index (χ1v) is 10.5. The van der Waals surface area contributed by atoms with Crippen molar-refractivity contribution in [3.63, 3.8) is 0 Å². The number of hydrogen-bond donors (Lipinski definition) is 8. The second-order valence-corrected chi connectivity index (χ2v) is 7.30. The maximum Gasteiger partial charge on any atom is 0.326 e. The van der Waals surface area contributed by atoms with Crippen LogP contribution in [0.3, 0.4) is 0 Å². The number of nitrogens with two attached hydrogens (primary N) is 2. The second kappa shape index (κ2) is 14.0. The highest BCUT2D eigenvalue weighted by Gasteiger charge is 2.30. The molecule has 0 radical (unpaired) electrons. The van der Waals surface area contributed by atoms with E-state index < -0.39 is 66.8 Å². The van der Waals surface area contributed by atoms with E-state index in [0.29, 0.717) is 12.2 Å². The topological polar surface area (TPSA) is 214 Å². The van der Waals surface area contributed by atoms with Crippen LogP contribution in [-0.2, 0) is 24.0 Å². The van der Waals surface area contributed by atoms with E-state index in [-0.39, 0.29) is 5.75 Å². The normalized spacial score (nSPS) is 14.8. The molecule has 0 aromatic carbocycles. The Kier molecular flexibility index (Phi) is 13.0. The summed E-state index contributed by atoms with van der Waals surface area (Å²) in [5, 5.41) is 25.0. The minimum Gasteiger partial charge on any atom is -0.480 e. The van der Waals surface area contributed by atoms with Crippen molar-refractivity contribution < 1.29 is 34.2 Å². The van der Waals surface area contributed by atoms with Crippen LogP contribution in [0.25, 0.3) is 0 Å². The number of aliphatic hydroxyl groups is 1. The van der Waals surface area contributed by atoms with Gasteiger partial charge in [-0.1, -0.05) is 0 Å². The molecule has 12 nitrogen and oxygen atoms in total. The summed E-state index contributed by atoms with van der Waals surface area (Å²) in [5.41, 5.74) is 10.6. The second-order valence-electron chi connectivity index (χ2n) is 5.95. The molecule has 9 N–H and O–H groups in total. The summed E-state index contributed by atoms with van der Waals surface area (Å²) in [7, 11) is 0. The zero-order valence-corrected chi connectivity index (χ0v) is 17.5. The lowest BCUT2D eigenvalue weighted by Gasteiger charge is -2.23. The smallest absolute Gasteiger partial charge is 0.326 e. The van der Waals surface area contributed by atoms with Crippen molar-refractivity contribution >= 4 is 54.0 Å². The zero-order chi connectivity index (χ0) is 22.6. The van der Waals surface area contributed by atoms with Gasteiger partial charge in [0, 0.05) is 5.75 Å². The minimum atomic E-state index is -1.58. The first-order valence-electron chi connectivity index (χ1n) is 8.45. The van der Waals surface area contributed by atoms with Crippen LogP contribution in [-0.4, -0.2) is 88.3 Å². The van der Waals surface area contributed by atoms with Gasteiger partial charge in [0.05, 0.1) is 19.1 Å². The molecule has 29 heavy (non-hydrogen) atoms. The van der Waals surface area contributed by atoms with Crippen molar-refractivity contribution in [2.45, 2.75) is 37.0 Å². The van der Waals surface area contributed by atoms with Crippen LogP contribution < -0.4 is 27.4 Å². The highest BCUT2D eigenvalue weighted by Crippen LogP contribution is 2.00. The van der Waals surface area contributed by atoms with Crippen molar-refractivity contribution in [3.8, 4) is 0 Å². The molecule has 14 heteroatoms. The number of amides is 4. The highest BCUT2D eigenvalue weighted by molar-refractivity contribution is 7.98. The number of carbonyl (C=O) groups is 5. The fraction of sp³-hybridized carbons (Fsp3) is 0.667. The number of carbonyl (C=O) groups excluding carboxylic acids is 4. The summed E-state index contributed by atoms with van der Waals surface area (Å²) in [4.78, 5) is 58.5. The Morgan fingerprint density at radius 2 is 1.52 bits per heavy atom. The molecule has 0 bridgehead atoms. The Morgan fingerprint density at radius 3 is 1.97 bits per heavy atom. The van der Waals surface area contributed by atoms with E-state index in [9.17, 15) is 29.1 Å². The van der Waals surface area contributed by atoms with Crippen LogP contribution in [0.2, 0.25) is 0 Å². The van der Waals surface area contributed by atoms with Crippen LogP contribution in [0.5, 0.6) is 0 Å². The Hall–Kier alpha value is -2.03. The SMILES string of the molecule is CSCCC(N)C(=O)NC(CO)C(=O)NC(CS)C(=O)NC(CC(N)=O)C(=O)O. The van der Waals surface area contributed by atoms with Crippen LogP contribution in [0.4, 0.5) is 0 Å². The summed E-state index contributed by atoms with van der Waals surface area (Å²) < 4.78 is 0. The van der Waals surface area contributed by atoms with Gasteiger partial charge in [0.2, 0.25) is 23.6 Å². The molecule has 0 heterocycles. The number of primary amides is 1. The minimum absolute atomic E-state index is 0.222. The lowest BCUT2D eigenvalue weighted by atomic mass is 10.1. The van der Waals surface area contributed by atoms with Gasteiger partial charge < -0.3 is 37.6 Å². The third-order valence-corrected chi connectivity index (χ3v) is 4.63. The monoisotopic (exact) mass is 453 g/mol. The summed E-state index contributed by atoms with van der Waals surface area (Å²) in [5.74, 6) is -4.49. The molecular formula is C15H27N5O7S2. The summed E-state index contributed by atoms with van der Waals surface area (Å²) >= 11 is 5.42. The zero-order valence-electron chi connectivity index (χ0n) is 15.8. The molecular weight excluding hydrogens is 426 g/mol. The molecule has 4 atom stereocenters. The summed E-state index contributed by atoms with van der Waals surface area (Å²) in [6.45, 7) is -0.757. The highest BCUT2D eigenvalue weighted by atomic mass is 32.2. The molecule has 0 aliphatic carbocycles. The van der Waals surface area contributed by atoms with Crippen LogP contribution in [0, 0.1) is 0 Å². The Morgan fingerprint density at radius 1 is 1.00 bits per heavy atom. The first kappa shape index (κ1) is 27.0. The van der Waals surface area contributed by atoms with Gasteiger partial charge in [-0.05, 0) is 18.4 Å². The molecule has 0 spiro atoms. The fourth-order valence-corrected chi connectivity index (χ4v) is 2.74. The number of aliphatic carboxylic acids is 1. The molecule has 0 fully saturated rings. The van der Waals surface area contributed by atoms with E-state index in [1.165, 1.54) is 11.8 Å². The van der Waals surface area contributed by atoms with Crippen LogP contribution in [0.1, 0.15) is 12.8 Å². The molecule has 0 aromatic rings. The number of aliphatic hydroxyl groups excluding tert-OH is 1. The largest absolute Gasteiger partial charge is 0.480 e. The van der Waals surface area contributed by atoms with Gasteiger partial charge in [0.25, 0.3) is 0 Å². The number of carboxylic acid groups (broad SMARTS) is 1.